The number of amides is 1. The van der Waals surface area contributed by atoms with Gasteiger partial charge in [-0.25, -0.2) is 8.42 Å². The lowest BCUT2D eigenvalue weighted by molar-refractivity contribution is -0.111. The highest BCUT2D eigenvalue weighted by atomic mass is 32.2. The molecule has 3 rings (SSSR count). The van der Waals surface area contributed by atoms with E-state index in [1.807, 2.05) is 30.3 Å². The van der Waals surface area contributed by atoms with Crippen molar-refractivity contribution in [3.8, 4) is 0 Å². The van der Waals surface area contributed by atoms with Crippen LogP contribution in [0.5, 0.6) is 0 Å². The van der Waals surface area contributed by atoms with Gasteiger partial charge < -0.3 is 5.32 Å². The van der Waals surface area contributed by atoms with E-state index < -0.39 is 10.0 Å². The zero-order valence-corrected chi connectivity index (χ0v) is 16.3. The molecule has 0 aromatic heterocycles. The number of carbonyl (C=O) groups is 1. The lowest BCUT2D eigenvalue weighted by atomic mass is 10.2. The number of rotatable bonds is 5. The molecule has 2 aromatic carbocycles. The van der Waals surface area contributed by atoms with E-state index in [0.717, 1.165) is 24.8 Å². The minimum atomic E-state index is -3.68. The van der Waals surface area contributed by atoms with Crippen molar-refractivity contribution in [2.24, 2.45) is 4.99 Å². The molecule has 0 saturated carbocycles. The molecule has 0 fully saturated rings. The molecule has 146 valence electrons. The van der Waals surface area contributed by atoms with E-state index >= 15 is 0 Å². The Hall–Kier alpha value is -2.93. The van der Waals surface area contributed by atoms with Gasteiger partial charge in [-0.15, -0.1) is 0 Å². The highest BCUT2D eigenvalue weighted by Gasteiger charge is 2.17. The van der Waals surface area contributed by atoms with Crippen molar-refractivity contribution in [3.63, 3.8) is 0 Å². The molecule has 0 saturated heterocycles. The van der Waals surface area contributed by atoms with Gasteiger partial charge >= 0.3 is 0 Å². The monoisotopic (exact) mass is 397 g/mol. The number of anilines is 1. The summed E-state index contributed by atoms with van der Waals surface area (Å²) in [6, 6.07) is 15.6. The molecule has 0 radical (unpaired) electrons. The molecular formula is C21H23N3O3S. The summed E-state index contributed by atoms with van der Waals surface area (Å²) in [5.74, 6) is 0.228. The van der Waals surface area contributed by atoms with Crippen LogP contribution in [0.25, 0.3) is 6.08 Å². The maximum Gasteiger partial charge on any atom is 0.262 e. The maximum atomic E-state index is 12.5. The van der Waals surface area contributed by atoms with E-state index in [0.29, 0.717) is 24.5 Å². The van der Waals surface area contributed by atoms with E-state index in [9.17, 15) is 13.2 Å². The third kappa shape index (κ3) is 5.79. The van der Waals surface area contributed by atoms with Crippen LogP contribution >= 0.6 is 0 Å². The number of benzene rings is 2. The standard InChI is InChI=1S/C21H23N3O3S/c25-21(15-10-17-7-3-1-4-8-17)23-18-11-13-19(14-12-18)28(26,27)24-20-9-5-2-6-16-22-20/h1,3-4,7-8,10-15H,2,5-6,9,16H2,(H,22,24)(H,23,25)/b15-10+. The summed E-state index contributed by atoms with van der Waals surface area (Å²) in [4.78, 5) is 16.5. The molecule has 6 nitrogen and oxygen atoms in total. The van der Waals surface area contributed by atoms with Gasteiger partial charge in [0.05, 0.1) is 4.90 Å². The molecule has 0 atom stereocenters. The second kappa shape index (κ2) is 9.32. The molecule has 28 heavy (non-hydrogen) atoms. The van der Waals surface area contributed by atoms with Crippen LogP contribution in [-0.2, 0) is 14.8 Å². The van der Waals surface area contributed by atoms with E-state index in [4.69, 9.17) is 0 Å². The molecule has 0 bridgehead atoms. The lowest BCUT2D eigenvalue weighted by Gasteiger charge is -2.10. The minimum Gasteiger partial charge on any atom is -0.323 e. The van der Waals surface area contributed by atoms with Gasteiger partial charge in [0.15, 0.2) is 0 Å². The molecule has 0 unspecified atom stereocenters. The quantitative estimate of drug-likeness (QED) is 0.756. The average molecular weight is 398 g/mol. The second-order valence-electron chi connectivity index (χ2n) is 6.50. The summed E-state index contributed by atoms with van der Waals surface area (Å²) in [5, 5.41) is 2.72. The van der Waals surface area contributed by atoms with Crippen LogP contribution < -0.4 is 10.0 Å². The topological polar surface area (TPSA) is 87.6 Å². The van der Waals surface area contributed by atoms with Gasteiger partial charge in [-0.05, 0) is 48.7 Å². The number of hydrogen-bond donors (Lipinski definition) is 2. The summed E-state index contributed by atoms with van der Waals surface area (Å²) in [7, 11) is -3.68. The molecule has 1 aliphatic rings. The van der Waals surface area contributed by atoms with Crippen LogP contribution in [0, 0.1) is 0 Å². The van der Waals surface area contributed by atoms with Gasteiger partial charge in [0.1, 0.15) is 5.84 Å². The predicted molar refractivity (Wildman–Crippen MR) is 112 cm³/mol. The fourth-order valence-electron chi connectivity index (χ4n) is 2.81. The van der Waals surface area contributed by atoms with Crippen molar-refractivity contribution in [2.75, 3.05) is 11.9 Å². The third-order valence-electron chi connectivity index (χ3n) is 4.29. The molecule has 1 amide bonds. The first-order chi connectivity index (χ1) is 13.5. The minimum absolute atomic E-state index is 0.136. The van der Waals surface area contributed by atoms with Crippen molar-refractivity contribution < 1.29 is 13.2 Å². The van der Waals surface area contributed by atoms with Crippen LogP contribution in [-0.4, -0.2) is 26.7 Å². The van der Waals surface area contributed by atoms with Crippen molar-refractivity contribution in [2.45, 2.75) is 30.6 Å². The van der Waals surface area contributed by atoms with Gasteiger partial charge in [-0.1, -0.05) is 36.8 Å². The summed E-state index contributed by atoms with van der Waals surface area (Å²) in [6.07, 6.45) is 6.77. The molecule has 7 heteroatoms. The Balaban J connectivity index is 1.61. The van der Waals surface area contributed by atoms with Gasteiger partial charge in [0, 0.05) is 24.7 Å². The number of nitrogens with one attached hydrogen (secondary N) is 2. The highest BCUT2D eigenvalue weighted by Crippen LogP contribution is 2.15. The van der Waals surface area contributed by atoms with Crippen LogP contribution in [0.4, 0.5) is 5.69 Å². The number of nitrogens with zero attached hydrogens (tertiary/aromatic N) is 1. The number of amidine groups is 1. The zero-order valence-electron chi connectivity index (χ0n) is 15.5. The summed E-state index contributed by atoms with van der Waals surface area (Å²) < 4.78 is 27.6. The van der Waals surface area contributed by atoms with Crippen LogP contribution in [0.1, 0.15) is 31.2 Å². The molecule has 0 aliphatic carbocycles. The van der Waals surface area contributed by atoms with Crippen LogP contribution in [0.2, 0.25) is 0 Å². The van der Waals surface area contributed by atoms with Crippen molar-refractivity contribution in [1.29, 1.82) is 0 Å². The summed E-state index contributed by atoms with van der Waals surface area (Å²) >= 11 is 0. The van der Waals surface area contributed by atoms with Crippen LogP contribution in [0.3, 0.4) is 0 Å². The Bertz CT molecular complexity index is 966. The Morgan fingerprint density at radius 3 is 2.46 bits per heavy atom. The maximum absolute atomic E-state index is 12.5. The van der Waals surface area contributed by atoms with E-state index in [1.165, 1.54) is 18.2 Å². The SMILES string of the molecule is O=C(/C=C/c1ccccc1)Nc1ccc(S(=O)(=O)NC2=NCCCCC2)cc1. The van der Waals surface area contributed by atoms with Crippen molar-refractivity contribution >= 4 is 33.5 Å². The number of aliphatic imine (C=N–C) groups is 1. The van der Waals surface area contributed by atoms with E-state index in [-0.39, 0.29) is 10.8 Å². The van der Waals surface area contributed by atoms with E-state index in [1.54, 1.807) is 18.2 Å². The van der Waals surface area contributed by atoms with E-state index in [2.05, 4.69) is 15.0 Å². The highest BCUT2D eigenvalue weighted by molar-refractivity contribution is 7.90. The average Bonchev–Trinajstić information content (AvgIpc) is 2.96. The smallest absolute Gasteiger partial charge is 0.262 e. The van der Waals surface area contributed by atoms with Gasteiger partial charge in [-0.2, -0.15) is 0 Å². The Morgan fingerprint density at radius 2 is 1.71 bits per heavy atom. The fraction of sp³-hybridized carbons (Fsp3) is 0.238. The molecule has 1 heterocycles. The van der Waals surface area contributed by atoms with Gasteiger partial charge in [0.2, 0.25) is 5.91 Å². The first kappa shape index (κ1) is 19.8. The number of carbonyl (C=O) groups excluding carboxylic acids is 1. The first-order valence-corrected chi connectivity index (χ1v) is 10.7. The van der Waals surface area contributed by atoms with Crippen molar-refractivity contribution in [3.05, 3.63) is 66.2 Å². The van der Waals surface area contributed by atoms with Gasteiger partial charge in [0.25, 0.3) is 10.0 Å². The van der Waals surface area contributed by atoms with Crippen molar-refractivity contribution in [1.82, 2.24) is 4.72 Å². The Labute approximate surface area is 165 Å². The molecule has 2 aromatic rings. The molecule has 0 spiro atoms. The number of hydrogen-bond acceptors (Lipinski definition) is 4. The van der Waals surface area contributed by atoms with Crippen LogP contribution in [0.15, 0.2) is 70.6 Å². The Kier molecular flexibility index (Phi) is 6.60. The normalized spacial score (nSPS) is 14.9. The zero-order chi connectivity index (χ0) is 19.8. The Morgan fingerprint density at radius 1 is 0.964 bits per heavy atom. The predicted octanol–water partition coefficient (Wildman–Crippen LogP) is 3.59. The summed E-state index contributed by atoms with van der Waals surface area (Å²) in [5.41, 5.74) is 1.44. The molecule has 1 aliphatic heterocycles. The second-order valence-corrected chi connectivity index (χ2v) is 8.18. The largest absolute Gasteiger partial charge is 0.323 e. The third-order valence-corrected chi connectivity index (χ3v) is 5.68. The molecule has 2 N–H and O–H groups in total. The molecular weight excluding hydrogens is 374 g/mol. The first-order valence-electron chi connectivity index (χ1n) is 9.23. The summed E-state index contributed by atoms with van der Waals surface area (Å²) in [6.45, 7) is 0.652. The fourth-order valence-corrected chi connectivity index (χ4v) is 3.90. The van der Waals surface area contributed by atoms with Gasteiger partial charge in [-0.3, -0.25) is 14.5 Å². The lowest BCUT2D eigenvalue weighted by Crippen LogP contribution is -2.30. The number of sulfonamides is 1.